The summed E-state index contributed by atoms with van der Waals surface area (Å²) in [4.78, 5) is 4.68. The SMILES string of the molecule is N#Cc1ccc2nc([C@]3(O)CC[C@@H](OCc4c(C5CC5)cnn4-c4c(Cl)cccc4Cl)CC3)sc2c1. The molecule has 0 unspecified atom stereocenters. The Morgan fingerprint density at radius 2 is 1.89 bits per heavy atom. The van der Waals surface area contributed by atoms with Crippen LogP contribution in [0.15, 0.2) is 42.6 Å². The van der Waals surface area contributed by atoms with Gasteiger partial charge in [-0.3, -0.25) is 0 Å². The van der Waals surface area contributed by atoms with Crippen molar-refractivity contribution in [3.8, 4) is 11.8 Å². The molecule has 0 atom stereocenters. The van der Waals surface area contributed by atoms with Crippen molar-refractivity contribution in [3.63, 3.8) is 0 Å². The van der Waals surface area contributed by atoms with Crippen LogP contribution in [0.5, 0.6) is 0 Å². The van der Waals surface area contributed by atoms with Gasteiger partial charge in [0.05, 0.1) is 56.5 Å². The first kappa shape index (κ1) is 23.9. The minimum Gasteiger partial charge on any atom is -0.383 e. The Kier molecular flexibility index (Phi) is 6.27. The van der Waals surface area contributed by atoms with Crippen molar-refractivity contribution in [2.75, 3.05) is 0 Å². The highest BCUT2D eigenvalue weighted by Gasteiger charge is 2.38. The molecule has 2 saturated carbocycles. The second-order valence-corrected chi connectivity index (χ2v) is 11.5. The van der Waals surface area contributed by atoms with Crippen molar-refractivity contribution in [1.29, 1.82) is 5.26 Å². The summed E-state index contributed by atoms with van der Waals surface area (Å²) < 4.78 is 9.15. The first-order valence-corrected chi connectivity index (χ1v) is 13.7. The van der Waals surface area contributed by atoms with Gasteiger partial charge in [-0.2, -0.15) is 10.4 Å². The van der Waals surface area contributed by atoms with Crippen LogP contribution in [0.4, 0.5) is 0 Å². The first-order valence-electron chi connectivity index (χ1n) is 12.1. The maximum Gasteiger partial charge on any atom is 0.126 e. The van der Waals surface area contributed by atoms with Gasteiger partial charge in [-0.25, -0.2) is 9.67 Å². The number of aliphatic hydroxyl groups is 1. The van der Waals surface area contributed by atoms with E-state index in [1.165, 1.54) is 16.9 Å². The lowest BCUT2D eigenvalue weighted by Gasteiger charge is -2.34. The molecule has 36 heavy (non-hydrogen) atoms. The van der Waals surface area contributed by atoms with Crippen molar-refractivity contribution in [2.24, 2.45) is 0 Å². The van der Waals surface area contributed by atoms with Crippen LogP contribution in [0.25, 0.3) is 15.9 Å². The van der Waals surface area contributed by atoms with Crippen LogP contribution in [0.1, 0.15) is 66.3 Å². The van der Waals surface area contributed by atoms with Gasteiger partial charge in [0.25, 0.3) is 0 Å². The quantitative estimate of drug-likeness (QED) is 0.289. The Bertz CT molecular complexity index is 1460. The maximum atomic E-state index is 11.4. The van der Waals surface area contributed by atoms with Gasteiger partial charge in [0.2, 0.25) is 0 Å². The molecule has 0 radical (unpaired) electrons. The normalized spacial score (nSPS) is 22.1. The van der Waals surface area contributed by atoms with Gasteiger partial charge in [0.1, 0.15) is 16.3 Å². The molecule has 6 rings (SSSR count). The van der Waals surface area contributed by atoms with Crippen LogP contribution in [-0.4, -0.2) is 26.0 Å². The molecule has 0 bridgehead atoms. The number of thiazole rings is 1. The van der Waals surface area contributed by atoms with Gasteiger partial charge in [-0.15, -0.1) is 11.3 Å². The molecule has 0 aliphatic heterocycles. The van der Waals surface area contributed by atoms with Crippen LogP contribution in [-0.2, 0) is 16.9 Å². The van der Waals surface area contributed by atoms with Gasteiger partial charge in [0, 0.05) is 0 Å². The highest BCUT2D eigenvalue weighted by atomic mass is 35.5. The summed E-state index contributed by atoms with van der Waals surface area (Å²) in [5, 5.41) is 27.0. The third-order valence-corrected chi connectivity index (χ3v) is 9.02. The van der Waals surface area contributed by atoms with Crippen molar-refractivity contribution in [1.82, 2.24) is 14.8 Å². The Hall–Kier alpha value is -2.47. The van der Waals surface area contributed by atoms with Crippen LogP contribution < -0.4 is 0 Å². The van der Waals surface area contributed by atoms with Gasteiger partial charge in [0.15, 0.2) is 0 Å². The van der Waals surface area contributed by atoms with Crippen molar-refractivity contribution >= 4 is 44.8 Å². The summed E-state index contributed by atoms with van der Waals surface area (Å²) in [5.41, 5.74) is 3.32. The Morgan fingerprint density at radius 1 is 1.14 bits per heavy atom. The molecular weight excluding hydrogens is 515 g/mol. The molecule has 9 heteroatoms. The average molecular weight is 539 g/mol. The molecule has 2 fully saturated rings. The number of nitrogens with zero attached hydrogens (tertiary/aromatic N) is 4. The van der Waals surface area contributed by atoms with Gasteiger partial charge in [-0.05, 0) is 80.3 Å². The van der Waals surface area contributed by atoms with E-state index in [2.05, 4.69) is 16.2 Å². The molecule has 2 aliphatic carbocycles. The van der Waals surface area contributed by atoms with E-state index in [1.54, 1.807) is 6.07 Å². The van der Waals surface area contributed by atoms with E-state index in [9.17, 15) is 5.11 Å². The minimum atomic E-state index is -0.970. The predicted molar refractivity (Wildman–Crippen MR) is 141 cm³/mol. The Labute approximate surface area is 223 Å². The zero-order chi connectivity index (χ0) is 24.9. The van der Waals surface area contributed by atoms with Crippen molar-refractivity contribution in [2.45, 2.75) is 62.8 Å². The number of rotatable bonds is 6. The summed E-state index contributed by atoms with van der Waals surface area (Å²) >= 11 is 14.5. The van der Waals surface area contributed by atoms with Crippen molar-refractivity contribution < 1.29 is 9.84 Å². The van der Waals surface area contributed by atoms with Crippen molar-refractivity contribution in [3.05, 3.63) is 74.5 Å². The van der Waals surface area contributed by atoms with Gasteiger partial charge < -0.3 is 9.84 Å². The molecule has 2 aliphatic rings. The summed E-state index contributed by atoms with van der Waals surface area (Å²) in [6.07, 6.45) is 6.88. The number of hydrogen-bond acceptors (Lipinski definition) is 6. The zero-order valence-electron chi connectivity index (χ0n) is 19.5. The highest BCUT2D eigenvalue weighted by Crippen LogP contribution is 2.44. The fraction of sp³-hybridized carbons (Fsp3) is 0.370. The molecule has 0 amide bonds. The minimum absolute atomic E-state index is 0.0296. The van der Waals surface area contributed by atoms with Gasteiger partial charge >= 0.3 is 0 Å². The molecule has 0 spiro atoms. The number of halogens is 2. The second-order valence-electron chi connectivity index (χ2n) is 9.66. The molecule has 0 saturated heterocycles. The van der Waals surface area contributed by atoms with E-state index < -0.39 is 5.60 Å². The van der Waals surface area contributed by atoms with E-state index in [0.717, 1.165) is 41.6 Å². The molecule has 2 aromatic carbocycles. The van der Waals surface area contributed by atoms with E-state index in [4.69, 9.17) is 33.2 Å². The predicted octanol–water partition coefficient (Wildman–Crippen LogP) is 6.88. The number of ether oxygens (including phenoxy) is 1. The molecule has 2 aromatic heterocycles. The number of benzene rings is 2. The maximum absolute atomic E-state index is 11.4. The summed E-state index contributed by atoms with van der Waals surface area (Å²) in [7, 11) is 0. The number of nitriles is 1. The molecule has 184 valence electrons. The second kappa shape index (κ2) is 9.44. The lowest BCUT2D eigenvalue weighted by Crippen LogP contribution is -2.34. The monoisotopic (exact) mass is 538 g/mol. The number of hydrogen-bond donors (Lipinski definition) is 1. The van der Waals surface area contributed by atoms with Crippen LogP contribution >= 0.6 is 34.5 Å². The molecular formula is C27H24Cl2N4O2S. The third-order valence-electron chi connectivity index (χ3n) is 7.20. The Morgan fingerprint density at radius 3 is 2.58 bits per heavy atom. The molecule has 1 N–H and O–H groups in total. The molecule has 6 nitrogen and oxygen atoms in total. The number of aromatic nitrogens is 3. The van der Waals surface area contributed by atoms with Gasteiger partial charge in [-0.1, -0.05) is 29.3 Å². The van der Waals surface area contributed by atoms with E-state index in [0.29, 0.717) is 51.7 Å². The fourth-order valence-corrected chi connectivity index (χ4v) is 6.70. The molecule has 2 heterocycles. The van der Waals surface area contributed by atoms with Crippen LogP contribution in [0.3, 0.4) is 0 Å². The first-order chi connectivity index (χ1) is 17.4. The number of para-hydroxylation sites is 1. The topological polar surface area (TPSA) is 84.0 Å². The average Bonchev–Trinajstić information content (AvgIpc) is 3.49. The summed E-state index contributed by atoms with van der Waals surface area (Å²) in [6, 6.07) is 13.1. The standard InChI is InChI=1S/C27H24Cl2N4O2S/c28-20-2-1-3-21(29)25(20)33-23(19(14-31-33)17-5-6-17)15-35-18-8-10-27(34,11-9-18)26-32-22-7-4-16(13-30)12-24(22)36-26/h1-4,7,12,14,17-18,34H,5-6,8-11,15H2/t18-,27+. The fourth-order valence-electron chi connectivity index (χ4n) is 4.99. The number of fused-ring (bicyclic) bond motifs is 1. The Balaban J connectivity index is 1.17. The lowest BCUT2D eigenvalue weighted by molar-refractivity contribution is -0.0648. The highest BCUT2D eigenvalue weighted by molar-refractivity contribution is 7.18. The lowest BCUT2D eigenvalue weighted by atomic mass is 9.83. The zero-order valence-corrected chi connectivity index (χ0v) is 21.8. The van der Waals surface area contributed by atoms with E-state index >= 15 is 0 Å². The summed E-state index contributed by atoms with van der Waals surface area (Å²) in [5.74, 6) is 0.510. The van der Waals surface area contributed by atoms with Crippen LogP contribution in [0, 0.1) is 11.3 Å². The van der Waals surface area contributed by atoms with Crippen LogP contribution in [0.2, 0.25) is 10.0 Å². The third kappa shape index (κ3) is 4.42. The largest absolute Gasteiger partial charge is 0.383 e. The summed E-state index contributed by atoms with van der Waals surface area (Å²) in [6.45, 7) is 0.411. The smallest absolute Gasteiger partial charge is 0.126 e. The van der Waals surface area contributed by atoms with E-state index in [-0.39, 0.29) is 6.10 Å². The van der Waals surface area contributed by atoms with E-state index in [1.807, 2.05) is 41.2 Å². The molecule has 4 aromatic rings.